The quantitative estimate of drug-likeness (QED) is 0.533. The second-order valence-corrected chi connectivity index (χ2v) is 4.72. The van der Waals surface area contributed by atoms with Gasteiger partial charge in [-0.25, -0.2) is 4.79 Å². The van der Waals surface area contributed by atoms with Gasteiger partial charge in [0.2, 0.25) is 5.91 Å². The number of hydrogen-bond donors (Lipinski definition) is 3. The molecule has 1 fully saturated rings. The second-order valence-electron chi connectivity index (χ2n) is 4.72. The highest BCUT2D eigenvalue weighted by atomic mass is 16.5. The summed E-state index contributed by atoms with van der Waals surface area (Å²) in [6.07, 6.45) is -0.00348. The molecular weight excluding hydrogens is 252 g/mol. The molecule has 1 aliphatic heterocycles. The van der Waals surface area contributed by atoms with Gasteiger partial charge in [-0.1, -0.05) is 6.92 Å². The summed E-state index contributed by atoms with van der Waals surface area (Å²) in [7, 11) is 1.24. The number of rotatable bonds is 7. The van der Waals surface area contributed by atoms with Gasteiger partial charge in [-0.15, -0.1) is 0 Å². The number of nitrogens with one attached hydrogen (secondary N) is 2. The lowest BCUT2D eigenvalue weighted by atomic mass is 9.88. The topological polar surface area (TPSA) is 105 Å². The molecule has 0 aromatic carbocycles. The maximum absolute atomic E-state index is 11.9. The van der Waals surface area contributed by atoms with Gasteiger partial charge in [0.15, 0.2) is 0 Å². The molecule has 3 N–H and O–H groups in total. The van der Waals surface area contributed by atoms with Crippen molar-refractivity contribution in [3.05, 3.63) is 0 Å². The zero-order valence-corrected chi connectivity index (χ0v) is 11.1. The van der Waals surface area contributed by atoms with Crippen LogP contribution in [0.2, 0.25) is 0 Å². The van der Waals surface area contributed by atoms with Crippen LogP contribution in [0.4, 0.5) is 0 Å². The molecule has 1 saturated heterocycles. The predicted octanol–water partition coefficient (Wildman–Crippen LogP) is -0.635. The lowest BCUT2D eigenvalue weighted by molar-refractivity contribution is -0.144. The van der Waals surface area contributed by atoms with Crippen molar-refractivity contribution >= 4 is 17.8 Å². The number of carbonyl (C=O) groups excluding carboxylic acids is 2. The molecule has 0 bridgehead atoms. The van der Waals surface area contributed by atoms with Crippen LogP contribution < -0.4 is 10.6 Å². The fraction of sp³-hybridized carbons (Fsp3) is 0.750. The Kier molecular flexibility index (Phi) is 5.75. The molecule has 0 aromatic rings. The Morgan fingerprint density at radius 1 is 1.42 bits per heavy atom. The van der Waals surface area contributed by atoms with Crippen LogP contribution in [0.1, 0.15) is 19.8 Å². The van der Waals surface area contributed by atoms with Crippen molar-refractivity contribution in [3.63, 3.8) is 0 Å². The summed E-state index contributed by atoms with van der Waals surface area (Å²) >= 11 is 0. The Labute approximate surface area is 111 Å². The minimum atomic E-state index is -1.14. The molecule has 7 nitrogen and oxygen atoms in total. The van der Waals surface area contributed by atoms with Gasteiger partial charge in [-0.05, 0) is 25.4 Å². The number of amides is 1. The Bertz CT molecular complexity index is 354. The number of ether oxygens (including phenoxy) is 1. The maximum atomic E-state index is 11.9. The Morgan fingerprint density at radius 3 is 2.47 bits per heavy atom. The molecule has 1 unspecified atom stereocenters. The number of hydrogen-bond acceptors (Lipinski definition) is 5. The summed E-state index contributed by atoms with van der Waals surface area (Å²) < 4.78 is 4.44. The van der Waals surface area contributed by atoms with E-state index in [4.69, 9.17) is 5.11 Å². The maximum Gasteiger partial charge on any atom is 0.326 e. The molecule has 1 amide bonds. The van der Waals surface area contributed by atoms with Gasteiger partial charge in [0.25, 0.3) is 0 Å². The van der Waals surface area contributed by atoms with Crippen LogP contribution in [-0.2, 0) is 19.1 Å². The van der Waals surface area contributed by atoms with Crippen molar-refractivity contribution in [2.45, 2.75) is 25.8 Å². The smallest absolute Gasteiger partial charge is 0.326 e. The molecule has 7 heteroatoms. The zero-order chi connectivity index (χ0) is 14.4. The molecular formula is C12H20N2O5. The SMILES string of the molecule is COC(=O)CC[C@H](NC(=O)C(C)C1CNC1)C(=O)O. The highest BCUT2D eigenvalue weighted by Gasteiger charge is 2.31. The summed E-state index contributed by atoms with van der Waals surface area (Å²) in [5.41, 5.74) is 0. The fourth-order valence-electron chi connectivity index (χ4n) is 1.80. The van der Waals surface area contributed by atoms with E-state index in [-0.39, 0.29) is 30.6 Å². The normalized spacial score (nSPS) is 18.0. The van der Waals surface area contributed by atoms with Gasteiger partial charge in [0.05, 0.1) is 7.11 Å². The fourth-order valence-corrected chi connectivity index (χ4v) is 1.80. The predicted molar refractivity (Wildman–Crippen MR) is 66.3 cm³/mol. The van der Waals surface area contributed by atoms with E-state index in [1.54, 1.807) is 6.92 Å². The van der Waals surface area contributed by atoms with Crippen molar-refractivity contribution < 1.29 is 24.2 Å². The number of methoxy groups -OCH3 is 1. The van der Waals surface area contributed by atoms with E-state index in [0.717, 1.165) is 13.1 Å². The first-order valence-electron chi connectivity index (χ1n) is 6.26. The molecule has 0 aromatic heterocycles. The number of esters is 1. The number of carboxylic acid groups (broad SMARTS) is 1. The second kappa shape index (κ2) is 7.08. The lowest BCUT2D eigenvalue weighted by Gasteiger charge is -2.32. The summed E-state index contributed by atoms with van der Waals surface area (Å²) in [5, 5.41) is 14.6. The van der Waals surface area contributed by atoms with E-state index in [9.17, 15) is 14.4 Å². The molecule has 0 radical (unpaired) electrons. The monoisotopic (exact) mass is 272 g/mol. The van der Waals surface area contributed by atoms with Gasteiger partial charge in [-0.2, -0.15) is 0 Å². The largest absolute Gasteiger partial charge is 0.480 e. The third-order valence-electron chi connectivity index (χ3n) is 3.41. The first-order chi connectivity index (χ1) is 8.95. The highest BCUT2D eigenvalue weighted by molar-refractivity contribution is 5.85. The summed E-state index contributed by atoms with van der Waals surface area (Å²) in [5.74, 6) is -1.91. The van der Waals surface area contributed by atoms with Crippen molar-refractivity contribution in [1.82, 2.24) is 10.6 Å². The summed E-state index contributed by atoms with van der Waals surface area (Å²) in [4.78, 5) is 33.9. The number of carbonyl (C=O) groups is 3. The van der Waals surface area contributed by atoms with Gasteiger partial charge >= 0.3 is 11.9 Å². The zero-order valence-electron chi connectivity index (χ0n) is 11.1. The minimum Gasteiger partial charge on any atom is -0.480 e. The van der Waals surface area contributed by atoms with E-state index in [1.807, 2.05) is 0 Å². The molecule has 108 valence electrons. The molecule has 0 aliphatic carbocycles. The van der Waals surface area contributed by atoms with E-state index < -0.39 is 18.0 Å². The third kappa shape index (κ3) is 4.51. The van der Waals surface area contributed by atoms with Gasteiger partial charge in [0, 0.05) is 12.3 Å². The van der Waals surface area contributed by atoms with Gasteiger partial charge in [-0.3, -0.25) is 9.59 Å². The average Bonchev–Trinajstić information content (AvgIpc) is 2.30. The molecule has 0 saturated carbocycles. The molecule has 1 rings (SSSR count). The molecule has 1 aliphatic rings. The Balaban J connectivity index is 2.45. The van der Waals surface area contributed by atoms with Crippen molar-refractivity contribution in [2.75, 3.05) is 20.2 Å². The number of aliphatic carboxylic acids is 1. The van der Waals surface area contributed by atoms with Crippen molar-refractivity contribution in [1.29, 1.82) is 0 Å². The van der Waals surface area contributed by atoms with E-state index in [1.165, 1.54) is 7.11 Å². The van der Waals surface area contributed by atoms with E-state index in [2.05, 4.69) is 15.4 Å². The first kappa shape index (κ1) is 15.4. The molecule has 19 heavy (non-hydrogen) atoms. The standard InChI is InChI=1S/C12H20N2O5/c1-7(8-5-13-6-8)11(16)14-9(12(17)18)3-4-10(15)19-2/h7-9,13H,3-6H2,1-2H3,(H,14,16)(H,17,18)/t7?,9-/m0/s1. The Hall–Kier alpha value is -1.63. The summed E-state index contributed by atoms with van der Waals surface area (Å²) in [6, 6.07) is -1.05. The van der Waals surface area contributed by atoms with Gasteiger partial charge < -0.3 is 20.5 Å². The summed E-state index contributed by atoms with van der Waals surface area (Å²) in [6.45, 7) is 3.32. The first-order valence-corrected chi connectivity index (χ1v) is 6.26. The van der Waals surface area contributed by atoms with Crippen LogP contribution in [0.5, 0.6) is 0 Å². The van der Waals surface area contributed by atoms with Crippen LogP contribution in [0, 0.1) is 11.8 Å². The van der Waals surface area contributed by atoms with Crippen LogP contribution in [0.15, 0.2) is 0 Å². The molecule has 0 spiro atoms. The van der Waals surface area contributed by atoms with Crippen LogP contribution in [0.25, 0.3) is 0 Å². The Morgan fingerprint density at radius 2 is 2.05 bits per heavy atom. The average molecular weight is 272 g/mol. The minimum absolute atomic E-state index is 0.0311. The van der Waals surface area contributed by atoms with Crippen molar-refractivity contribution in [3.8, 4) is 0 Å². The lowest BCUT2D eigenvalue weighted by Crippen LogP contribution is -2.52. The van der Waals surface area contributed by atoms with Crippen LogP contribution in [0.3, 0.4) is 0 Å². The van der Waals surface area contributed by atoms with E-state index >= 15 is 0 Å². The van der Waals surface area contributed by atoms with Gasteiger partial charge in [0.1, 0.15) is 6.04 Å². The highest BCUT2D eigenvalue weighted by Crippen LogP contribution is 2.16. The number of carboxylic acids is 1. The van der Waals surface area contributed by atoms with Crippen molar-refractivity contribution in [2.24, 2.45) is 11.8 Å². The van der Waals surface area contributed by atoms with E-state index in [0.29, 0.717) is 0 Å². The molecule has 2 atom stereocenters. The van der Waals surface area contributed by atoms with Crippen LogP contribution >= 0.6 is 0 Å². The molecule has 1 heterocycles. The third-order valence-corrected chi connectivity index (χ3v) is 3.41. The van der Waals surface area contributed by atoms with Crippen LogP contribution in [-0.4, -0.2) is 49.2 Å².